The molecule has 9 heteroatoms. The van der Waals surface area contributed by atoms with Crippen molar-refractivity contribution in [3.8, 4) is 10.6 Å². The van der Waals surface area contributed by atoms with E-state index in [4.69, 9.17) is 0 Å². The lowest BCUT2D eigenvalue weighted by atomic mass is 10.1. The molecule has 0 saturated carbocycles. The summed E-state index contributed by atoms with van der Waals surface area (Å²) in [5, 5.41) is 5.42. The Morgan fingerprint density at radius 1 is 1.00 bits per heavy atom. The molecule has 33 heavy (non-hydrogen) atoms. The zero-order valence-electron chi connectivity index (χ0n) is 17.3. The molecule has 0 radical (unpaired) electrons. The van der Waals surface area contributed by atoms with E-state index >= 15 is 0 Å². The van der Waals surface area contributed by atoms with Crippen LogP contribution in [-0.4, -0.2) is 25.4 Å². The molecular formula is C24H20FN3O3S2. The molecule has 0 spiro atoms. The van der Waals surface area contributed by atoms with Gasteiger partial charge in [-0.3, -0.25) is 4.79 Å². The lowest BCUT2D eigenvalue weighted by Crippen LogP contribution is -2.45. The highest BCUT2D eigenvalue weighted by Crippen LogP contribution is 2.24. The van der Waals surface area contributed by atoms with Crippen LogP contribution in [0.4, 0.5) is 10.1 Å². The molecule has 168 valence electrons. The number of nitrogens with one attached hydrogen (secondary N) is 2. The van der Waals surface area contributed by atoms with Crippen LogP contribution in [0.25, 0.3) is 10.6 Å². The summed E-state index contributed by atoms with van der Waals surface area (Å²) in [7, 11) is -4.29. The Bertz CT molecular complexity index is 1340. The van der Waals surface area contributed by atoms with Crippen LogP contribution in [0.3, 0.4) is 0 Å². The molecule has 0 saturated heterocycles. The average molecular weight is 482 g/mol. The monoisotopic (exact) mass is 481 g/mol. The molecule has 2 N–H and O–H groups in total. The van der Waals surface area contributed by atoms with Crippen LogP contribution in [-0.2, 0) is 21.2 Å². The lowest BCUT2D eigenvalue weighted by molar-refractivity contribution is -0.117. The third-order valence-electron chi connectivity index (χ3n) is 4.83. The van der Waals surface area contributed by atoms with E-state index in [1.54, 1.807) is 48.7 Å². The van der Waals surface area contributed by atoms with Crippen molar-refractivity contribution in [3.63, 3.8) is 0 Å². The van der Waals surface area contributed by atoms with Crippen LogP contribution in [0, 0.1) is 5.82 Å². The van der Waals surface area contributed by atoms with Crippen LogP contribution in [0.5, 0.6) is 0 Å². The molecular weight excluding hydrogens is 461 g/mol. The first-order valence-electron chi connectivity index (χ1n) is 10.0. The number of benzene rings is 3. The molecule has 1 amide bonds. The molecule has 0 unspecified atom stereocenters. The maximum Gasteiger partial charge on any atom is 0.244 e. The number of hydrogen-bond donors (Lipinski definition) is 2. The Labute approximate surface area is 195 Å². The molecule has 1 heterocycles. The largest absolute Gasteiger partial charge is 0.325 e. The summed E-state index contributed by atoms with van der Waals surface area (Å²) in [6, 6.07) is 20.0. The number of hydrogen-bond acceptors (Lipinski definition) is 5. The smallest absolute Gasteiger partial charge is 0.244 e. The van der Waals surface area contributed by atoms with Gasteiger partial charge in [0.1, 0.15) is 21.8 Å². The fourth-order valence-electron chi connectivity index (χ4n) is 3.28. The van der Waals surface area contributed by atoms with Crippen molar-refractivity contribution in [1.29, 1.82) is 0 Å². The van der Waals surface area contributed by atoms with Crippen molar-refractivity contribution >= 4 is 33.0 Å². The first-order chi connectivity index (χ1) is 15.9. The molecule has 0 aliphatic carbocycles. The summed E-state index contributed by atoms with van der Waals surface area (Å²) < 4.78 is 42.3. The van der Waals surface area contributed by atoms with Gasteiger partial charge in [-0.1, -0.05) is 54.6 Å². The Kier molecular flexibility index (Phi) is 6.93. The molecule has 4 aromatic rings. The number of carbonyl (C=O) groups is 1. The van der Waals surface area contributed by atoms with Crippen LogP contribution in [0.1, 0.15) is 5.56 Å². The highest BCUT2D eigenvalue weighted by Gasteiger charge is 2.28. The fourth-order valence-corrected chi connectivity index (χ4v) is 5.19. The summed E-state index contributed by atoms with van der Waals surface area (Å²) in [6.45, 7) is 0. The molecule has 0 fully saturated rings. The topological polar surface area (TPSA) is 88.2 Å². The maximum absolute atomic E-state index is 14.2. The maximum atomic E-state index is 14.2. The summed E-state index contributed by atoms with van der Waals surface area (Å²) in [5.41, 5.74) is 2.08. The van der Waals surface area contributed by atoms with Gasteiger partial charge in [0.2, 0.25) is 15.9 Å². The highest BCUT2D eigenvalue weighted by molar-refractivity contribution is 7.89. The number of amides is 1. The van der Waals surface area contributed by atoms with E-state index in [0.29, 0.717) is 5.69 Å². The molecule has 1 aromatic heterocycles. The van der Waals surface area contributed by atoms with E-state index in [1.165, 1.54) is 23.5 Å². The van der Waals surface area contributed by atoms with Crippen LogP contribution in [0.15, 0.2) is 95.3 Å². The Morgan fingerprint density at radius 2 is 1.76 bits per heavy atom. The predicted molar refractivity (Wildman–Crippen MR) is 127 cm³/mol. The van der Waals surface area contributed by atoms with Crippen LogP contribution < -0.4 is 10.0 Å². The lowest BCUT2D eigenvalue weighted by Gasteiger charge is -2.19. The van der Waals surface area contributed by atoms with Gasteiger partial charge in [-0.25, -0.2) is 17.8 Å². The second kappa shape index (κ2) is 10.0. The number of nitrogens with zero attached hydrogens (tertiary/aromatic N) is 1. The van der Waals surface area contributed by atoms with E-state index in [-0.39, 0.29) is 6.42 Å². The van der Waals surface area contributed by atoms with Crippen molar-refractivity contribution in [2.45, 2.75) is 17.4 Å². The number of anilines is 1. The summed E-state index contributed by atoms with van der Waals surface area (Å²) in [4.78, 5) is 16.9. The van der Waals surface area contributed by atoms with Crippen molar-refractivity contribution in [1.82, 2.24) is 9.71 Å². The number of halogens is 1. The second-order valence-corrected chi connectivity index (χ2v) is 9.78. The molecule has 6 nitrogen and oxygen atoms in total. The highest BCUT2D eigenvalue weighted by atomic mass is 32.2. The van der Waals surface area contributed by atoms with Crippen molar-refractivity contribution in [3.05, 3.63) is 102 Å². The van der Waals surface area contributed by atoms with E-state index in [9.17, 15) is 17.6 Å². The normalized spacial score (nSPS) is 12.3. The molecule has 0 aliphatic heterocycles. The fraction of sp³-hybridized carbons (Fsp3) is 0.0833. The van der Waals surface area contributed by atoms with Crippen LogP contribution >= 0.6 is 11.3 Å². The molecule has 3 aromatic carbocycles. The SMILES string of the molecule is O=C(Nc1cccc(-c2nccs2)c1)[C@H](Cc1ccccc1)NS(=O)(=O)c1ccccc1F. The Morgan fingerprint density at radius 3 is 2.48 bits per heavy atom. The summed E-state index contributed by atoms with van der Waals surface area (Å²) in [6.07, 6.45) is 1.78. The number of rotatable bonds is 8. The second-order valence-electron chi connectivity index (χ2n) is 7.20. The number of aromatic nitrogens is 1. The van der Waals surface area contributed by atoms with Gasteiger partial charge in [0.25, 0.3) is 0 Å². The molecule has 4 rings (SSSR count). The standard InChI is InChI=1S/C24H20FN3O3S2/c25-20-11-4-5-12-22(20)33(30,31)28-21(15-17-7-2-1-3-8-17)23(29)27-19-10-6-9-18(16-19)24-26-13-14-32-24/h1-14,16,21,28H,15H2,(H,27,29)/t21-/m0/s1. The van der Waals surface area contributed by atoms with E-state index in [0.717, 1.165) is 28.3 Å². The first-order valence-corrected chi connectivity index (χ1v) is 12.4. The molecule has 1 atom stereocenters. The third kappa shape index (κ3) is 5.70. The predicted octanol–water partition coefficient (Wildman–Crippen LogP) is 4.48. The molecule has 0 bridgehead atoms. The quantitative estimate of drug-likeness (QED) is 0.389. The van der Waals surface area contributed by atoms with Gasteiger partial charge < -0.3 is 5.32 Å². The minimum absolute atomic E-state index is 0.0898. The zero-order chi connectivity index (χ0) is 23.3. The van der Waals surface area contributed by atoms with Gasteiger partial charge in [0, 0.05) is 22.8 Å². The number of thiazole rings is 1. The zero-order valence-corrected chi connectivity index (χ0v) is 18.9. The summed E-state index contributed by atoms with van der Waals surface area (Å²) >= 11 is 1.47. The van der Waals surface area contributed by atoms with Gasteiger partial charge in [-0.2, -0.15) is 4.72 Å². The van der Waals surface area contributed by atoms with Gasteiger partial charge in [-0.05, 0) is 36.2 Å². The number of sulfonamides is 1. The van der Waals surface area contributed by atoms with Crippen molar-refractivity contribution in [2.75, 3.05) is 5.32 Å². The van der Waals surface area contributed by atoms with Crippen LogP contribution in [0.2, 0.25) is 0 Å². The third-order valence-corrected chi connectivity index (χ3v) is 7.16. The number of carbonyl (C=O) groups excluding carboxylic acids is 1. The minimum atomic E-state index is -4.29. The van der Waals surface area contributed by atoms with E-state index in [1.807, 2.05) is 17.5 Å². The minimum Gasteiger partial charge on any atom is -0.325 e. The molecule has 0 aliphatic rings. The van der Waals surface area contributed by atoms with Gasteiger partial charge in [-0.15, -0.1) is 11.3 Å². The Hall–Kier alpha value is -3.40. The van der Waals surface area contributed by atoms with Gasteiger partial charge in [0.05, 0.1) is 0 Å². The van der Waals surface area contributed by atoms with Gasteiger partial charge in [0.15, 0.2) is 0 Å². The van der Waals surface area contributed by atoms with E-state index < -0.39 is 32.7 Å². The van der Waals surface area contributed by atoms with E-state index in [2.05, 4.69) is 15.0 Å². The average Bonchev–Trinajstić information content (AvgIpc) is 3.35. The van der Waals surface area contributed by atoms with Crippen molar-refractivity contribution in [2.24, 2.45) is 0 Å². The van der Waals surface area contributed by atoms with Crippen molar-refractivity contribution < 1.29 is 17.6 Å². The first kappa shape index (κ1) is 22.8. The van der Waals surface area contributed by atoms with Gasteiger partial charge >= 0.3 is 0 Å². The Balaban J connectivity index is 1.60. The summed E-state index contributed by atoms with van der Waals surface area (Å²) in [5.74, 6) is -1.45.